The summed E-state index contributed by atoms with van der Waals surface area (Å²) in [6.07, 6.45) is 1.22. The second-order valence-corrected chi connectivity index (χ2v) is 5.92. The third kappa shape index (κ3) is 2.73. The lowest BCUT2D eigenvalue weighted by Gasteiger charge is -2.00. The van der Waals surface area contributed by atoms with E-state index in [2.05, 4.69) is 15.3 Å². The van der Waals surface area contributed by atoms with Crippen molar-refractivity contribution in [1.29, 1.82) is 0 Å². The van der Waals surface area contributed by atoms with Crippen molar-refractivity contribution in [3.8, 4) is 0 Å². The maximum atomic E-state index is 10.9. The molecule has 0 amide bonds. The highest BCUT2D eigenvalue weighted by atomic mass is 32.2. The summed E-state index contributed by atoms with van der Waals surface area (Å²) in [6.45, 7) is 0.360. The number of aromatic amines is 1. The first-order valence-corrected chi connectivity index (χ1v) is 6.97. The van der Waals surface area contributed by atoms with E-state index in [1.54, 1.807) is 0 Å². The van der Waals surface area contributed by atoms with Gasteiger partial charge in [-0.3, -0.25) is 0 Å². The van der Waals surface area contributed by atoms with Crippen molar-refractivity contribution in [1.82, 2.24) is 9.97 Å². The van der Waals surface area contributed by atoms with Crippen LogP contribution in [0.15, 0.2) is 24.3 Å². The quantitative estimate of drug-likeness (QED) is 0.835. The zero-order valence-electron chi connectivity index (χ0n) is 8.90. The van der Waals surface area contributed by atoms with E-state index in [4.69, 9.17) is 0 Å². The highest BCUT2D eigenvalue weighted by molar-refractivity contribution is 7.90. The minimum absolute atomic E-state index is 0.101. The van der Waals surface area contributed by atoms with E-state index in [0.717, 1.165) is 11.0 Å². The van der Waals surface area contributed by atoms with Gasteiger partial charge in [0, 0.05) is 12.8 Å². The second-order valence-electron chi connectivity index (χ2n) is 3.66. The lowest BCUT2D eigenvalue weighted by Crippen LogP contribution is -2.14. The van der Waals surface area contributed by atoms with Crippen LogP contribution in [0.3, 0.4) is 0 Å². The molecule has 1 heterocycles. The van der Waals surface area contributed by atoms with Crippen LogP contribution in [0.2, 0.25) is 0 Å². The Morgan fingerprint density at radius 3 is 2.81 bits per heavy atom. The van der Waals surface area contributed by atoms with Gasteiger partial charge in [-0.1, -0.05) is 12.1 Å². The summed E-state index contributed by atoms with van der Waals surface area (Å²) in [5.74, 6) is 0.703. The van der Waals surface area contributed by atoms with Gasteiger partial charge in [0.1, 0.15) is 9.84 Å². The number of aromatic nitrogens is 2. The van der Waals surface area contributed by atoms with Crippen molar-refractivity contribution in [2.45, 2.75) is 0 Å². The van der Waals surface area contributed by atoms with Crippen molar-refractivity contribution < 1.29 is 8.42 Å². The molecule has 1 aromatic heterocycles. The number of nitrogens with one attached hydrogen (secondary N) is 2. The van der Waals surface area contributed by atoms with Crippen molar-refractivity contribution in [2.24, 2.45) is 0 Å². The fourth-order valence-corrected chi connectivity index (χ4v) is 1.86. The van der Waals surface area contributed by atoms with Gasteiger partial charge < -0.3 is 10.3 Å². The zero-order chi connectivity index (χ0) is 11.6. The average molecular weight is 239 g/mol. The van der Waals surface area contributed by atoms with Crippen LogP contribution in [0.25, 0.3) is 11.0 Å². The number of imidazole rings is 1. The topological polar surface area (TPSA) is 74.8 Å². The molecule has 2 aromatic rings. The van der Waals surface area contributed by atoms with Crippen molar-refractivity contribution >= 4 is 26.8 Å². The number of rotatable bonds is 4. The molecule has 16 heavy (non-hydrogen) atoms. The van der Waals surface area contributed by atoms with Crippen molar-refractivity contribution in [2.75, 3.05) is 23.9 Å². The van der Waals surface area contributed by atoms with Crippen LogP contribution in [-0.4, -0.2) is 36.9 Å². The molecule has 0 fully saturated rings. The second kappa shape index (κ2) is 4.13. The molecule has 6 heteroatoms. The number of nitrogens with zero attached hydrogens (tertiary/aromatic N) is 1. The molecule has 0 aliphatic heterocycles. The Morgan fingerprint density at radius 2 is 2.12 bits per heavy atom. The molecule has 0 saturated heterocycles. The van der Waals surface area contributed by atoms with E-state index < -0.39 is 9.84 Å². The third-order valence-electron chi connectivity index (χ3n) is 2.15. The Hall–Kier alpha value is -1.56. The predicted octanol–water partition coefficient (Wildman–Crippen LogP) is 1.02. The van der Waals surface area contributed by atoms with Crippen LogP contribution in [0, 0.1) is 0 Å². The predicted molar refractivity (Wildman–Crippen MR) is 64.3 cm³/mol. The molecule has 2 N–H and O–H groups in total. The maximum Gasteiger partial charge on any atom is 0.201 e. The van der Waals surface area contributed by atoms with E-state index in [9.17, 15) is 8.42 Å². The first-order valence-electron chi connectivity index (χ1n) is 4.91. The Morgan fingerprint density at radius 1 is 1.38 bits per heavy atom. The first-order chi connectivity index (χ1) is 7.54. The highest BCUT2D eigenvalue weighted by Gasteiger charge is 2.03. The summed E-state index contributed by atoms with van der Waals surface area (Å²) in [6, 6.07) is 7.64. The van der Waals surface area contributed by atoms with Crippen LogP contribution in [0.4, 0.5) is 5.95 Å². The van der Waals surface area contributed by atoms with Gasteiger partial charge in [-0.25, -0.2) is 13.4 Å². The number of hydrogen-bond acceptors (Lipinski definition) is 4. The summed E-state index contributed by atoms with van der Waals surface area (Å²) in [7, 11) is -2.93. The van der Waals surface area contributed by atoms with E-state index in [1.807, 2.05) is 24.3 Å². The molecule has 86 valence electrons. The zero-order valence-corrected chi connectivity index (χ0v) is 9.71. The molecule has 0 unspecified atom stereocenters. The largest absolute Gasteiger partial charge is 0.355 e. The normalized spacial score (nSPS) is 11.8. The molecule has 0 radical (unpaired) electrons. The van der Waals surface area contributed by atoms with Gasteiger partial charge in [0.15, 0.2) is 0 Å². The molecule has 0 aliphatic carbocycles. The number of sulfone groups is 1. The van der Waals surface area contributed by atoms with Crippen LogP contribution >= 0.6 is 0 Å². The smallest absolute Gasteiger partial charge is 0.201 e. The van der Waals surface area contributed by atoms with Gasteiger partial charge in [-0.2, -0.15) is 0 Å². The van der Waals surface area contributed by atoms with E-state index in [0.29, 0.717) is 12.5 Å². The summed E-state index contributed by atoms with van der Waals surface area (Å²) in [5, 5.41) is 2.94. The summed E-state index contributed by atoms with van der Waals surface area (Å²) in [4.78, 5) is 7.34. The SMILES string of the molecule is CS(=O)(=O)CCNc1nc2ccccc2[nH]1. The number of anilines is 1. The summed E-state index contributed by atoms with van der Waals surface area (Å²) in [5.41, 5.74) is 1.80. The Labute approximate surface area is 93.8 Å². The highest BCUT2D eigenvalue weighted by Crippen LogP contribution is 2.12. The van der Waals surface area contributed by atoms with Crippen LogP contribution < -0.4 is 5.32 Å². The van der Waals surface area contributed by atoms with Crippen molar-refractivity contribution in [3.63, 3.8) is 0 Å². The van der Waals surface area contributed by atoms with E-state index >= 15 is 0 Å². The third-order valence-corrected chi connectivity index (χ3v) is 3.10. The Kier molecular flexibility index (Phi) is 2.82. The Balaban J connectivity index is 2.05. The molecule has 0 saturated carbocycles. The summed E-state index contributed by atoms with van der Waals surface area (Å²) < 4.78 is 21.8. The number of fused-ring (bicyclic) bond motifs is 1. The van der Waals surface area contributed by atoms with Gasteiger partial charge in [0.2, 0.25) is 5.95 Å². The lowest BCUT2D eigenvalue weighted by atomic mass is 10.3. The molecule has 0 aliphatic rings. The average Bonchev–Trinajstić information content (AvgIpc) is 2.57. The molecule has 0 bridgehead atoms. The molecule has 1 aromatic carbocycles. The number of para-hydroxylation sites is 2. The first kappa shape index (κ1) is 10.9. The number of H-pyrrole nitrogens is 1. The molecule has 5 nitrogen and oxygen atoms in total. The molecular weight excluding hydrogens is 226 g/mol. The minimum atomic E-state index is -2.93. The molecule has 2 rings (SSSR count). The Bertz CT molecular complexity index is 556. The van der Waals surface area contributed by atoms with E-state index in [-0.39, 0.29) is 5.75 Å². The monoisotopic (exact) mass is 239 g/mol. The van der Waals surface area contributed by atoms with Gasteiger partial charge in [0.25, 0.3) is 0 Å². The number of benzene rings is 1. The lowest BCUT2D eigenvalue weighted by molar-refractivity contribution is 0.602. The van der Waals surface area contributed by atoms with Gasteiger partial charge >= 0.3 is 0 Å². The van der Waals surface area contributed by atoms with Gasteiger partial charge in [-0.15, -0.1) is 0 Å². The van der Waals surface area contributed by atoms with Crippen LogP contribution in [-0.2, 0) is 9.84 Å². The minimum Gasteiger partial charge on any atom is -0.355 e. The standard InChI is InChI=1S/C10H13N3O2S/c1-16(14,15)7-6-11-10-12-8-4-2-3-5-9(8)13-10/h2-5H,6-7H2,1H3,(H2,11,12,13). The fourth-order valence-electron chi connectivity index (χ4n) is 1.39. The molecule has 0 spiro atoms. The van der Waals surface area contributed by atoms with E-state index in [1.165, 1.54) is 6.26 Å². The summed E-state index contributed by atoms with van der Waals surface area (Å²) >= 11 is 0. The molecular formula is C10H13N3O2S. The molecule has 0 atom stereocenters. The number of hydrogen-bond donors (Lipinski definition) is 2. The maximum absolute atomic E-state index is 10.9. The van der Waals surface area contributed by atoms with Gasteiger partial charge in [-0.05, 0) is 12.1 Å². The van der Waals surface area contributed by atoms with Crippen LogP contribution in [0.5, 0.6) is 0 Å². The van der Waals surface area contributed by atoms with Crippen LogP contribution in [0.1, 0.15) is 0 Å². The van der Waals surface area contributed by atoms with Gasteiger partial charge in [0.05, 0.1) is 16.8 Å². The van der Waals surface area contributed by atoms with Crippen molar-refractivity contribution in [3.05, 3.63) is 24.3 Å². The fraction of sp³-hybridized carbons (Fsp3) is 0.300.